The second kappa shape index (κ2) is 9.54. The van der Waals surface area contributed by atoms with Crippen molar-refractivity contribution in [2.45, 2.75) is 19.5 Å². The van der Waals surface area contributed by atoms with Crippen molar-refractivity contribution in [2.75, 3.05) is 69.2 Å². The number of hydrogen-bond donors (Lipinski definition) is 0. The van der Waals surface area contributed by atoms with E-state index in [1.807, 2.05) is 13.0 Å². The molecule has 0 saturated carbocycles. The van der Waals surface area contributed by atoms with Gasteiger partial charge in [0.15, 0.2) is 0 Å². The van der Waals surface area contributed by atoms with Crippen molar-refractivity contribution < 1.29 is 18.0 Å². The zero-order valence-corrected chi connectivity index (χ0v) is 19.0. The van der Waals surface area contributed by atoms with Gasteiger partial charge in [0.1, 0.15) is 17.5 Å². The van der Waals surface area contributed by atoms with E-state index in [1.54, 1.807) is 11.0 Å². The van der Waals surface area contributed by atoms with Crippen LogP contribution in [0.3, 0.4) is 0 Å². The number of anilines is 2. The van der Waals surface area contributed by atoms with Gasteiger partial charge in [0.05, 0.1) is 12.0 Å². The van der Waals surface area contributed by atoms with Gasteiger partial charge in [-0.05, 0) is 25.6 Å². The highest BCUT2D eigenvalue weighted by atomic mass is 19.4. The molecule has 1 aromatic carbocycles. The van der Waals surface area contributed by atoms with Crippen LogP contribution in [-0.2, 0) is 17.4 Å². The van der Waals surface area contributed by atoms with E-state index >= 15 is 0 Å². The largest absolute Gasteiger partial charge is 0.416 e. The molecule has 0 radical (unpaired) electrons. The summed E-state index contributed by atoms with van der Waals surface area (Å²) in [5, 5.41) is 0. The Balaban J connectivity index is 1.36. The molecule has 2 aliphatic rings. The quantitative estimate of drug-likeness (QED) is 0.696. The maximum absolute atomic E-state index is 12.9. The molecule has 0 atom stereocenters. The number of halogens is 3. The van der Waals surface area contributed by atoms with E-state index in [9.17, 15) is 18.0 Å². The minimum absolute atomic E-state index is 0.0376. The van der Waals surface area contributed by atoms with Gasteiger partial charge in [-0.2, -0.15) is 13.2 Å². The van der Waals surface area contributed by atoms with Gasteiger partial charge in [0, 0.05) is 58.4 Å². The van der Waals surface area contributed by atoms with Crippen LogP contribution < -0.4 is 9.80 Å². The zero-order valence-electron chi connectivity index (χ0n) is 19.0. The van der Waals surface area contributed by atoms with E-state index in [2.05, 4.69) is 31.7 Å². The Bertz CT molecular complexity index is 982. The van der Waals surface area contributed by atoms with Crippen molar-refractivity contribution >= 4 is 17.5 Å². The number of carbonyl (C=O) groups is 1. The second-order valence-electron chi connectivity index (χ2n) is 8.66. The van der Waals surface area contributed by atoms with Crippen LogP contribution in [0.15, 0.2) is 30.3 Å². The number of nitrogens with zero attached hydrogens (tertiary/aromatic N) is 6. The third kappa shape index (κ3) is 5.73. The van der Waals surface area contributed by atoms with E-state index in [1.165, 1.54) is 6.07 Å². The van der Waals surface area contributed by atoms with Crippen molar-refractivity contribution in [3.05, 3.63) is 47.3 Å². The van der Waals surface area contributed by atoms with Gasteiger partial charge in [-0.25, -0.2) is 9.97 Å². The molecule has 2 aliphatic heterocycles. The van der Waals surface area contributed by atoms with E-state index in [4.69, 9.17) is 0 Å². The first-order chi connectivity index (χ1) is 15.7. The molecule has 2 aromatic rings. The number of aryl methyl sites for hydroxylation is 1. The standard InChI is InChI=1S/C23H29F3N6O/c1-17-27-20(30-8-6-29(2)7-9-30)16-21(28-17)31-10-12-32(13-11-31)22(33)15-18-4-3-5-19(14-18)23(24,25)26/h3-5,14,16H,6-13,15H2,1-2H3. The highest BCUT2D eigenvalue weighted by Crippen LogP contribution is 2.29. The van der Waals surface area contributed by atoms with Crippen LogP contribution >= 0.6 is 0 Å². The Morgan fingerprint density at radius 3 is 2.06 bits per heavy atom. The van der Waals surface area contributed by atoms with Crippen molar-refractivity contribution in [3.8, 4) is 0 Å². The lowest BCUT2D eigenvalue weighted by atomic mass is 10.1. The van der Waals surface area contributed by atoms with Gasteiger partial charge in [-0.1, -0.05) is 18.2 Å². The Labute approximate surface area is 191 Å². The van der Waals surface area contributed by atoms with Gasteiger partial charge in [0.25, 0.3) is 0 Å². The second-order valence-corrected chi connectivity index (χ2v) is 8.66. The lowest BCUT2D eigenvalue weighted by Crippen LogP contribution is -2.49. The van der Waals surface area contributed by atoms with Crippen molar-refractivity contribution in [1.29, 1.82) is 0 Å². The molecule has 0 spiro atoms. The number of aromatic nitrogens is 2. The van der Waals surface area contributed by atoms with Crippen LogP contribution in [-0.4, -0.2) is 85.1 Å². The number of benzene rings is 1. The summed E-state index contributed by atoms with van der Waals surface area (Å²) in [5.41, 5.74) is -0.353. The summed E-state index contributed by atoms with van der Waals surface area (Å²) in [7, 11) is 2.11. The van der Waals surface area contributed by atoms with Crippen LogP contribution in [0.5, 0.6) is 0 Å². The molecular weight excluding hydrogens is 433 g/mol. The molecule has 1 aromatic heterocycles. The number of piperazine rings is 2. The predicted molar refractivity (Wildman–Crippen MR) is 120 cm³/mol. The Kier molecular flexibility index (Phi) is 6.73. The lowest BCUT2D eigenvalue weighted by Gasteiger charge is -2.37. The van der Waals surface area contributed by atoms with E-state index in [-0.39, 0.29) is 12.3 Å². The SMILES string of the molecule is Cc1nc(N2CCN(C)CC2)cc(N2CCN(C(=O)Cc3cccc(C(F)(F)F)c3)CC2)n1. The summed E-state index contributed by atoms with van der Waals surface area (Å²) in [4.78, 5) is 30.3. The van der Waals surface area contributed by atoms with Gasteiger partial charge in [0.2, 0.25) is 5.91 Å². The Morgan fingerprint density at radius 2 is 1.48 bits per heavy atom. The number of likely N-dealkylation sites (N-methyl/N-ethyl adjacent to an activating group) is 1. The van der Waals surface area contributed by atoms with E-state index in [0.717, 1.165) is 49.9 Å². The van der Waals surface area contributed by atoms with Crippen molar-refractivity contribution in [2.24, 2.45) is 0 Å². The molecule has 1 amide bonds. The van der Waals surface area contributed by atoms with E-state index in [0.29, 0.717) is 37.6 Å². The third-order valence-electron chi connectivity index (χ3n) is 6.20. The first-order valence-electron chi connectivity index (χ1n) is 11.2. The molecule has 7 nitrogen and oxygen atoms in total. The summed E-state index contributed by atoms with van der Waals surface area (Å²) < 4.78 is 38.8. The molecule has 3 heterocycles. The molecule has 0 aliphatic carbocycles. The number of alkyl halides is 3. The van der Waals surface area contributed by atoms with Crippen molar-refractivity contribution in [1.82, 2.24) is 19.8 Å². The molecule has 10 heteroatoms. The number of hydrogen-bond acceptors (Lipinski definition) is 6. The minimum atomic E-state index is -4.41. The molecule has 2 fully saturated rings. The smallest absolute Gasteiger partial charge is 0.354 e. The zero-order chi connectivity index (χ0) is 23.6. The highest BCUT2D eigenvalue weighted by molar-refractivity contribution is 5.79. The lowest BCUT2D eigenvalue weighted by molar-refractivity contribution is -0.138. The van der Waals surface area contributed by atoms with Crippen LogP contribution in [0.25, 0.3) is 0 Å². The average molecular weight is 463 g/mol. The monoisotopic (exact) mass is 462 g/mol. The summed E-state index contributed by atoms with van der Waals surface area (Å²) in [6.45, 7) is 7.96. The molecule has 2 saturated heterocycles. The van der Waals surface area contributed by atoms with Crippen molar-refractivity contribution in [3.63, 3.8) is 0 Å². The van der Waals surface area contributed by atoms with Crippen LogP contribution in [0.1, 0.15) is 17.0 Å². The third-order valence-corrected chi connectivity index (χ3v) is 6.20. The molecule has 0 bridgehead atoms. The van der Waals surface area contributed by atoms with E-state index < -0.39 is 11.7 Å². The molecule has 0 N–H and O–H groups in total. The number of carbonyl (C=O) groups excluding carboxylic acids is 1. The average Bonchev–Trinajstić information content (AvgIpc) is 2.79. The fourth-order valence-electron chi connectivity index (χ4n) is 4.23. The van der Waals surface area contributed by atoms with Gasteiger partial charge in [-0.3, -0.25) is 4.79 Å². The predicted octanol–water partition coefficient (Wildman–Crippen LogP) is 2.45. The summed E-state index contributed by atoms with van der Waals surface area (Å²) in [6.07, 6.45) is -4.45. The van der Waals surface area contributed by atoms with Gasteiger partial charge >= 0.3 is 6.18 Å². The molecule has 178 valence electrons. The fourth-order valence-corrected chi connectivity index (χ4v) is 4.23. The Hall–Kier alpha value is -2.88. The number of amides is 1. The first-order valence-corrected chi connectivity index (χ1v) is 11.2. The molecule has 4 rings (SSSR count). The number of rotatable bonds is 4. The maximum Gasteiger partial charge on any atom is 0.416 e. The normalized spacial score (nSPS) is 18.0. The van der Waals surface area contributed by atoms with Crippen LogP contribution in [0.4, 0.5) is 24.8 Å². The van der Waals surface area contributed by atoms with Gasteiger partial charge in [-0.15, -0.1) is 0 Å². The van der Waals surface area contributed by atoms with Gasteiger partial charge < -0.3 is 19.6 Å². The minimum Gasteiger partial charge on any atom is -0.354 e. The first kappa shape index (κ1) is 23.3. The topological polar surface area (TPSA) is 55.8 Å². The summed E-state index contributed by atoms with van der Waals surface area (Å²) in [5.74, 6) is 2.32. The van der Waals surface area contributed by atoms with Crippen LogP contribution in [0, 0.1) is 6.92 Å². The molecule has 0 unspecified atom stereocenters. The fraction of sp³-hybridized carbons (Fsp3) is 0.522. The molecule has 33 heavy (non-hydrogen) atoms. The summed E-state index contributed by atoms with van der Waals surface area (Å²) >= 11 is 0. The maximum atomic E-state index is 12.9. The Morgan fingerprint density at radius 1 is 0.909 bits per heavy atom. The highest BCUT2D eigenvalue weighted by Gasteiger charge is 2.31. The van der Waals surface area contributed by atoms with Crippen LogP contribution in [0.2, 0.25) is 0 Å². The summed E-state index contributed by atoms with van der Waals surface area (Å²) in [6, 6.07) is 6.99. The molecular formula is C23H29F3N6O.